The maximum atomic E-state index is 14.0. The Balaban J connectivity index is 1.63. The first-order valence-electron chi connectivity index (χ1n) is 8.74. The fourth-order valence-corrected chi connectivity index (χ4v) is 3.83. The van der Waals surface area contributed by atoms with Crippen LogP contribution in [0.1, 0.15) is 28.8 Å². The van der Waals surface area contributed by atoms with Crippen molar-refractivity contribution in [3.63, 3.8) is 0 Å². The molecule has 5 rings (SSSR count). The zero-order chi connectivity index (χ0) is 18.6. The number of anilines is 2. The van der Waals surface area contributed by atoms with Crippen molar-refractivity contribution in [2.75, 3.05) is 12.4 Å². The Labute approximate surface area is 153 Å². The number of benzene rings is 1. The summed E-state index contributed by atoms with van der Waals surface area (Å²) in [6, 6.07) is 3.87. The lowest BCUT2D eigenvalue weighted by molar-refractivity contribution is -0.0121. The Morgan fingerprint density at radius 2 is 2.15 bits per heavy atom. The molecule has 0 saturated heterocycles. The molecule has 1 aliphatic heterocycles. The summed E-state index contributed by atoms with van der Waals surface area (Å²) < 4.78 is 33.5. The number of aryl methyl sites for hydroxylation is 1. The number of H-pyrrole nitrogens is 1. The van der Waals surface area contributed by atoms with Gasteiger partial charge in [0.25, 0.3) is 5.92 Å². The first-order valence-corrected chi connectivity index (χ1v) is 8.74. The highest BCUT2D eigenvalue weighted by Gasteiger charge is 2.37. The summed E-state index contributed by atoms with van der Waals surface area (Å²) in [6.45, 7) is 0.629. The molecule has 6 nitrogen and oxygen atoms in total. The molecule has 138 valence electrons. The Bertz CT molecular complexity index is 1090. The number of rotatable bonds is 3. The number of hydrogen-bond acceptors (Lipinski definition) is 5. The molecule has 0 saturated carbocycles. The molecule has 0 radical (unpaired) electrons. The van der Waals surface area contributed by atoms with Crippen molar-refractivity contribution in [2.45, 2.75) is 31.7 Å². The molecule has 2 aromatic heterocycles. The quantitative estimate of drug-likeness (QED) is 0.737. The van der Waals surface area contributed by atoms with Gasteiger partial charge in [-0.1, -0.05) is 0 Å². The monoisotopic (exact) mass is 369 g/mol. The molecule has 0 fully saturated rings. The largest absolute Gasteiger partial charge is 0.495 e. The van der Waals surface area contributed by atoms with Crippen molar-refractivity contribution in [3.8, 4) is 5.75 Å². The third kappa shape index (κ3) is 2.63. The van der Waals surface area contributed by atoms with E-state index in [9.17, 15) is 8.78 Å². The molecule has 2 aliphatic rings. The number of aromatic amines is 1. The van der Waals surface area contributed by atoms with Gasteiger partial charge >= 0.3 is 0 Å². The van der Waals surface area contributed by atoms with Crippen molar-refractivity contribution >= 4 is 28.8 Å². The zero-order valence-electron chi connectivity index (χ0n) is 14.6. The second-order valence-corrected chi connectivity index (χ2v) is 6.91. The molecular formula is C19H17F2N5O. The van der Waals surface area contributed by atoms with Crippen LogP contribution in [0.15, 0.2) is 23.5 Å². The molecule has 27 heavy (non-hydrogen) atoms. The Hall–Kier alpha value is -3.03. The van der Waals surface area contributed by atoms with Gasteiger partial charge < -0.3 is 15.0 Å². The molecule has 2 N–H and O–H groups in total. The lowest BCUT2D eigenvalue weighted by atomic mass is 9.93. The Morgan fingerprint density at radius 1 is 1.26 bits per heavy atom. The van der Waals surface area contributed by atoms with E-state index in [1.165, 1.54) is 6.33 Å². The predicted octanol–water partition coefficient (Wildman–Crippen LogP) is 3.77. The minimum absolute atomic E-state index is 0.152. The van der Waals surface area contributed by atoms with Crippen LogP contribution in [0.2, 0.25) is 0 Å². The van der Waals surface area contributed by atoms with Gasteiger partial charge in [0, 0.05) is 24.8 Å². The van der Waals surface area contributed by atoms with E-state index in [1.807, 2.05) is 18.3 Å². The highest BCUT2D eigenvalue weighted by molar-refractivity contribution is 5.95. The summed E-state index contributed by atoms with van der Waals surface area (Å²) in [6.07, 6.45) is 3.08. The van der Waals surface area contributed by atoms with Crippen molar-refractivity contribution in [1.29, 1.82) is 0 Å². The molecule has 1 aromatic carbocycles. The zero-order valence-corrected chi connectivity index (χ0v) is 14.6. The summed E-state index contributed by atoms with van der Waals surface area (Å²) >= 11 is 0. The molecular weight excluding hydrogens is 352 g/mol. The summed E-state index contributed by atoms with van der Waals surface area (Å²) in [5.41, 5.74) is 4.77. The second-order valence-electron chi connectivity index (χ2n) is 6.91. The van der Waals surface area contributed by atoms with Crippen LogP contribution in [0.4, 0.5) is 20.3 Å². The van der Waals surface area contributed by atoms with E-state index >= 15 is 0 Å². The first-order chi connectivity index (χ1) is 13.0. The van der Waals surface area contributed by atoms with Crippen LogP contribution >= 0.6 is 0 Å². The van der Waals surface area contributed by atoms with Gasteiger partial charge in [0.05, 0.1) is 24.7 Å². The molecule has 0 amide bonds. The van der Waals surface area contributed by atoms with E-state index in [0.29, 0.717) is 46.8 Å². The average molecular weight is 369 g/mol. The smallest absolute Gasteiger partial charge is 0.252 e. The number of nitrogens with one attached hydrogen (secondary N) is 2. The number of methoxy groups -OCH3 is 1. The number of ether oxygens (including phenoxy) is 1. The lowest BCUT2D eigenvalue weighted by Gasteiger charge is -2.22. The Morgan fingerprint density at radius 3 is 3.00 bits per heavy atom. The second kappa shape index (κ2) is 5.73. The van der Waals surface area contributed by atoms with Gasteiger partial charge in [0.2, 0.25) is 0 Å². The average Bonchev–Trinajstić information content (AvgIpc) is 3.24. The molecule has 3 heterocycles. The van der Waals surface area contributed by atoms with Gasteiger partial charge in [-0.05, 0) is 35.2 Å². The molecule has 8 heteroatoms. The van der Waals surface area contributed by atoms with Gasteiger partial charge in [-0.15, -0.1) is 0 Å². The maximum absolute atomic E-state index is 14.0. The molecule has 0 spiro atoms. The number of alkyl halides is 2. The van der Waals surface area contributed by atoms with E-state index in [4.69, 9.17) is 4.74 Å². The fourth-order valence-electron chi connectivity index (χ4n) is 3.83. The highest BCUT2D eigenvalue weighted by atomic mass is 19.3. The summed E-state index contributed by atoms with van der Waals surface area (Å²) in [5, 5.41) is 3.87. The number of nitrogens with zero attached hydrogens (tertiary/aromatic N) is 3. The molecule has 0 atom stereocenters. The number of aromatic nitrogens is 3. The Kier molecular flexibility index (Phi) is 3.43. The van der Waals surface area contributed by atoms with Gasteiger partial charge in [0.15, 0.2) is 0 Å². The van der Waals surface area contributed by atoms with Crippen LogP contribution in [-0.2, 0) is 19.4 Å². The van der Waals surface area contributed by atoms with Crippen molar-refractivity contribution in [2.24, 2.45) is 4.99 Å². The third-order valence-corrected chi connectivity index (χ3v) is 5.17. The van der Waals surface area contributed by atoms with Crippen LogP contribution in [0.5, 0.6) is 5.75 Å². The lowest BCUT2D eigenvalue weighted by Crippen LogP contribution is -2.25. The third-order valence-electron chi connectivity index (χ3n) is 5.17. The highest BCUT2D eigenvalue weighted by Crippen LogP contribution is 2.40. The number of hydrogen-bond donors (Lipinski definition) is 2. The van der Waals surface area contributed by atoms with E-state index in [1.54, 1.807) is 7.11 Å². The van der Waals surface area contributed by atoms with Crippen LogP contribution in [-0.4, -0.2) is 34.2 Å². The van der Waals surface area contributed by atoms with Crippen LogP contribution in [0.3, 0.4) is 0 Å². The summed E-state index contributed by atoms with van der Waals surface area (Å²) in [5.74, 6) is -1.57. The van der Waals surface area contributed by atoms with Gasteiger partial charge in [-0.3, -0.25) is 4.99 Å². The number of fused-ring (bicyclic) bond motifs is 4. The van der Waals surface area contributed by atoms with Crippen molar-refractivity contribution < 1.29 is 13.5 Å². The molecule has 3 aromatic rings. The molecule has 1 aliphatic carbocycles. The normalized spacial score (nSPS) is 17.0. The predicted molar refractivity (Wildman–Crippen MR) is 98.4 cm³/mol. The minimum Gasteiger partial charge on any atom is -0.495 e. The fraction of sp³-hybridized carbons (Fsp3) is 0.316. The van der Waals surface area contributed by atoms with Crippen LogP contribution in [0, 0.1) is 0 Å². The number of halogens is 2. The van der Waals surface area contributed by atoms with Crippen molar-refractivity contribution in [1.82, 2.24) is 15.0 Å². The number of aliphatic imine (C=N–C) groups is 1. The van der Waals surface area contributed by atoms with E-state index in [0.717, 1.165) is 16.8 Å². The van der Waals surface area contributed by atoms with Gasteiger partial charge in [0.1, 0.15) is 23.5 Å². The van der Waals surface area contributed by atoms with E-state index in [2.05, 4.69) is 25.3 Å². The van der Waals surface area contributed by atoms with Gasteiger partial charge in [-0.25, -0.2) is 18.7 Å². The van der Waals surface area contributed by atoms with Gasteiger partial charge in [-0.2, -0.15) is 0 Å². The van der Waals surface area contributed by atoms with Crippen molar-refractivity contribution in [3.05, 3.63) is 40.8 Å². The maximum Gasteiger partial charge on any atom is 0.252 e. The minimum atomic E-state index is -2.71. The van der Waals surface area contributed by atoms with Crippen LogP contribution < -0.4 is 10.1 Å². The van der Waals surface area contributed by atoms with Crippen LogP contribution in [0.25, 0.3) is 11.0 Å². The SMILES string of the molecule is COc1cc2c(cc1Nc1ncnc3[nH]c4c(c13)CC(F)(F)CC4)C=NC2. The topological polar surface area (TPSA) is 75.2 Å². The summed E-state index contributed by atoms with van der Waals surface area (Å²) in [4.78, 5) is 16.0. The van der Waals surface area contributed by atoms with E-state index < -0.39 is 5.92 Å². The standard InChI is InChI=1S/C19H17F2N5O/c1-27-15-5-11-8-22-7-10(11)4-14(15)26-18-16-12-6-19(20,21)3-2-13(12)25-17(16)23-9-24-18/h4-5,7,9H,2-3,6,8H2,1H3,(H2,23,24,25,26). The van der Waals surface area contributed by atoms with E-state index in [-0.39, 0.29) is 12.8 Å². The molecule has 0 unspecified atom stereocenters. The summed E-state index contributed by atoms with van der Waals surface area (Å²) in [7, 11) is 1.59. The molecule has 0 bridgehead atoms. The first kappa shape index (κ1) is 16.2.